The zero-order valence-electron chi connectivity index (χ0n) is 13.8. The van der Waals surface area contributed by atoms with E-state index in [1.54, 1.807) is 29.2 Å². The second kappa shape index (κ2) is 6.44. The molecule has 1 unspecified atom stereocenters. The molecule has 0 bridgehead atoms. The van der Waals surface area contributed by atoms with Gasteiger partial charge >= 0.3 is 5.97 Å². The van der Waals surface area contributed by atoms with Gasteiger partial charge in [-0.05, 0) is 29.3 Å². The van der Waals surface area contributed by atoms with E-state index in [-0.39, 0.29) is 12.5 Å². The van der Waals surface area contributed by atoms with Crippen molar-refractivity contribution in [1.29, 1.82) is 0 Å². The number of rotatable bonds is 3. The minimum Gasteiger partial charge on any atom is -0.480 e. The van der Waals surface area contributed by atoms with Crippen LogP contribution in [0.4, 0.5) is 0 Å². The molecule has 3 aromatic rings. The second-order valence-electron chi connectivity index (χ2n) is 6.15. The second-order valence-corrected chi connectivity index (χ2v) is 6.15. The quantitative estimate of drug-likeness (QED) is 0.781. The monoisotopic (exact) mass is 348 g/mol. The van der Waals surface area contributed by atoms with E-state index < -0.39 is 12.0 Å². The number of hydrogen-bond acceptors (Lipinski definition) is 4. The van der Waals surface area contributed by atoms with Crippen molar-refractivity contribution < 1.29 is 14.7 Å². The van der Waals surface area contributed by atoms with E-state index in [4.69, 9.17) is 0 Å². The number of fused-ring (bicyclic) bond motifs is 1. The molecule has 0 saturated carbocycles. The molecule has 1 aliphatic heterocycles. The third-order valence-electron chi connectivity index (χ3n) is 4.57. The van der Waals surface area contributed by atoms with E-state index >= 15 is 0 Å². The molecule has 0 saturated heterocycles. The van der Waals surface area contributed by atoms with Gasteiger partial charge in [-0.25, -0.2) is 14.5 Å². The number of nitrogens with zero attached hydrogens (tertiary/aromatic N) is 4. The molecule has 130 valence electrons. The van der Waals surface area contributed by atoms with E-state index in [9.17, 15) is 14.7 Å². The molecule has 4 rings (SSSR count). The maximum absolute atomic E-state index is 13.1. The summed E-state index contributed by atoms with van der Waals surface area (Å²) in [4.78, 5) is 30.1. The molecule has 0 fully saturated rings. The van der Waals surface area contributed by atoms with Crippen molar-refractivity contribution in [3.05, 3.63) is 77.9 Å². The molecule has 1 N–H and O–H groups in total. The van der Waals surface area contributed by atoms with Gasteiger partial charge in [0.1, 0.15) is 18.7 Å². The zero-order valence-corrected chi connectivity index (χ0v) is 13.8. The summed E-state index contributed by atoms with van der Waals surface area (Å²) in [6, 6.07) is 13.7. The van der Waals surface area contributed by atoms with E-state index in [2.05, 4.69) is 10.1 Å². The highest BCUT2D eigenvalue weighted by molar-refractivity contribution is 5.97. The first-order valence-electron chi connectivity index (χ1n) is 8.19. The molecule has 7 heteroatoms. The number of carbonyl (C=O) groups is 2. The fourth-order valence-corrected chi connectivity index (χ4v) is 3.25. The Kier molecular flexibility index (Phi) is 3.96. The van der Waals surface area contributed by atoms with Crippen LogP contribution in [-0.4, -0.2) is 42.7 Å². The summed E-state index contributed by atoms with van der Waals surface area (Å²) >= 11 is 0. The molecule has 1 aliphatic rings. The van der Waals surface area contributed by atoms with Gasteiger partial charge in [0.2, 0.25) is 0 Å². The average Bonchev–Trinajstić information content (AvgIpc) is 3.21. The summed E-state index contributed by atoms with van der Waals surface area (Å²) in [6.07, 6.45) is 3.26. The van der Waals surface area contributed by atoms with Crippen molar-refractivity contribution in [2.45, 2.75) is 19.0 Å². The number of carboxylic acid groups (broad SMARTS) is 1. The SMILES string of the molecule is O=C(O)C1Cc2ccccc2CN1C(=O)c1cccc(-n2cncn2)c1. The van der Waals surface area contributed by atoms with Crippen molar-refractivity contribution >= 4 is 11.9 Å². The molecule has 0 spiro atoms. The van der Waals surface area contributed by atoms with Crippen LogP contribution in [0.25, 0.3) is 5.69 Å². The van der Waals surface area contributed by atoms with Crippen LogP contribution in [0, 0.1) is 0 Å². The predicted molar refractivity (Wildman–Crippen MR) is 92.8 cm³/mol. The summed E-state index contributed by atoms with van der Waals surface area (Å²) in [5, 5.41) is 13.7. The highest BCUT2D eigenvalue weighted by Crippen LogP contribution is 2.25. The smallest absolute Gasteiger partial charge is 0.326 e. The lowest BCUT2D eigenvalue weighted by molar-refractivity contribution is -0.142. The first-order valence-corrected chi connectivity index (χ1v) is 8.19. The fraction of sp³-hybridized carbons (Fsp3) is 0.158. The molecular weight excluding hydrogens is 332 g/mol. The molecule has 26 heavy (non-hydrogen) atoms. The van der Waals surface area contributed by atoms with Crippen molar-refractivity contribution in [2.24, 2.45) is 0 Å². The van der Waals surface area contributed by atoms with Crippen LogP contribution in [0.2, 0.25) is 0 Å². The van der Waals surface area contributed by atoms with Crippen LogP contribution in [0.1, 0.15) is 21.5 Å². The van der Waals surface area contributed by atoms with Crippen LogP contribution >= 0.6 is 0 Å². The van der Waals surface area contributed by atoms with Crippen molar-refractivity contribution in [3.8, 4) is 5.69 Å². The third-order valence-corrected chi connectivity index (χ3v) is 4.57. The Hall–Kier alpha value is -3.48. The number of aliphatic carboxylic acids is 1. The van der Waals surface area contributed by atoms with Gasteiger partial charge in [0.15, 0.2) is 0 Å². The van der Waals surface area contributed by atoms with Gasteiger partial charge in [-0.15, -0.1) is 0 Å². The minimum atomic E-state index is -1.000. The Morgan fingerprint density at radius 1 is 1.08 bits per heavy atom. The standard InChI is InChI=1S/C19H16N4O3/c24-18(14-6-3-7-16(8-14)23-12-20-11-21-23)22-10-15-5-2-1-4-13(15)9-17(22)19(25)26/h1-8,11-12,17H,9-10H2,(H,25,26). The van der Waals surface area contributed by atoms with Gasteiger partial charge in [-0.2, -0.15) is 5.10 Å². The van der Waals surface area contributed by atoms with Crippen LogP contribution in [-0.2, 0) is 17.8 Å². The zero-order chi connectivity index (χ0) is 18.1. The molecule has 2 heterocycles. The van der Waals surface area contributed by atoms with Crippen molar-refractivity contribution in [3.63, 3.8) is 0 Å². The number of amides is 1. The lowest BCUT2D eigenvalue weighted by Crippen LogP contribution is -2.48. The summed E-state index contributed by atoms with van der Waals surface area (Å²) in [5.41, 5.74) is 3.06. The maximum Gasteiger partial charge on any atom is 0.326 e. The highest BCUT2D eigenvalue weighted by Gasteiger charge is 2.34. The maximum atomic E-state index is 13.1. The average molecular weight is 348 g/mol. The first-order chi connectivity index (χ1) is 12.6. The number of aromatic nitrogens is 3. The molecule has 0 aliphatic carbocycles. The van der Waals surface area contributed by atoms with Crippen LogP contribution in [0.3, 0.4) is 0 Å². The molecule has 1 amide bonds. The Bertz CT molecular complexity index is 968. The Morgan fingerprint density at radius 2 is 1.88 bits per heavy atom. The van der Waals surface area contributed by atoms with Gasteiger partial charge in [-0.3, -0.25) is 4.79 Å². The van der Waals surface area contributed by atoms with Crippen molar-refractivity contribution in [1.82, 2.24) is 19.7 Å². The summed E-state index contributed by atoms with van der Waals surface area (Å²) in [5.74, 6) is -1.31. The van der Waals surface area contributed by atoms with E-state index in [1.165, 1.54) is 11.2 Å². The van der Waals surface area contributed by atoms with Gasteiger partial charge in [-0.1, -0.05) is 30.3 Å². The first kappa shape index (κ1) is 16.0. The van der Waals surface area contributed by atoms with E-state index in [0.717, 1.165) is 11.1 Å². The van der Waals surface area contributed by atoms with Gasteiger partial charge < -0.3 is 10.0 Å². The van der Waals surface area contributed by atoms with Gasteiger partial charge in [0.05, 0.1) is 5.69 Å². The number of benzene rings is 2. The fourth-order valence-electron chi connectivity index (χ4n) is 3.25. The molecule has 7 nitrogen and oxygen atoms in total. The number of carboxylic acids is 1. The van der Waals surface area contributed by atoms with Gasteiger partial charge in [0.25, 0.3) is 5.91 Å². The lowest BCUT2D eigenvalue weighted by Gasteiger charge is -2.34. The summed E-state index contributed by atoms with van der Waals surface area (Å²) < 4.78 is 1.55. The molecule has 0 radical (unpaired) electrons. The predicted octanol–water partition coefficient (Wildman–Crippen LogP) is 1.92. The van der Waals surface area contributed by atoms with Crippen molar-refractivity contribution in [2.75, 3.05) is 0 Å². The number of carbonyl (C=O) groups excluding carboxylic acids is 1. The van der Waals surface area contributed by atoms with Crippen LogP contribution in [0.15, 0.2) is 61.2 Å². The number of hydrogen-bond donors (Lipinski definition) is 1. The molecular formula is C19H16N4O3. The third kappa shape index (κ3) is 2.83. The Balaban J connectivity index is 1.68. The highest BCUT2D eigenvalue weighted by atomic mass is 16.4. The summed E-state index contributed by atoms with van der Waals surface area (Å²) in [7, 11) is 0. The minimum absolute atomic E-state index is 0.277. The lowest BCUT2D eigenvalue weighted by atomic mass is 9.93. The topological polar surface area (TPSA) is 88.3 Å². The Labute approximate surface area is 149 Å². The molecule has 1 aromatic heterocycles. The molecule has 1 atom stereocenters. The molecule has 2 aromatic carbocycles. The Morgan fingerprint density at radius 3 is 2.62 bits per heavy atom. The normalized spacial score (nSPS) is 16.2. The largest absolute Gasteiger partial charge is 0.480 e. The van der Waals surface area contributed by atoms with E-state index in [0.29, 0.717) is 17.7 Å². The van der Waals surface area contributed by atoms with Gasteiger partial charge in [0, 0.05) is 18.5 Å². The van der Waals surface area contributed by atoms with E-state index in [1.807, 2.05) is 30.3 Å². The van der Waals surface area contributed by atoms with Crippen LogP contribution in [0.5, 0.6) is 0 Å². The van der Waals surface area contributed by atoms with Crippen LogP contribution < -0.4 is 0 Å². The summed E-state index contributed by atoms with van der Waals surface area (Å²) in [6.45, 7) is 0.277.